The Labute approximate surface area is 163 Å². The molecule has 0 unspecified atom stereocenters. The van der Waals surface area contributed by atoms with Gasteiger partial charge in [0.05, 0.1) is 5.56 Å². The zero-order valence-electron chi connectivity index (χ0n) is 15.9. The number of urea groups is 1. The number of anilines is 1. The molecule has 146 valence electrons. The molecule has 7 heteroatoms. The second kappa shape index (κ2) is 8.12. The highest BCUT2D eigenvalue weighted by atomic mass is 16.4. The van der Waals surface area contributed by atoms with Crippen molar-refractivity contribution >= 4 is 23.6 Å². The highest BCUT2D eigenvalue weighted by Crippen LogP contribution is 2.15. The van der Waals surface area contributed by atoms with Gasteiger partial charge in [0.1, 0.15) is 0 Å². The van der Waals surface area contributed by atoms with Crippen LogP contribution in [0.5, 0.6) is 0 Å². The van der Waals surface area contributed by atoms with E-state index in [-0.39, 0.29) is 17.5 Å². The fourth-order valence-corrected chi connectivity index (χ4v) is 3.25. The molecule has 2 N–H and O–H groups in total. The molecule has 1 aliphatic rings. The molecule has 1 aliphatic heterocycles. The fourth-order valence-electron chi connectivity index (χ4n) is 3.25. The summed E-state index contributed by atoms with van der Waals surface area (Å²) >= 11 is 0. The largest absolute Gasteiger partial charge is 0.478 e. The molecule has 1 fully saturated rings. The molecule has 7 nitrogen and oxygen atoms in total. The van der Waals surface area contributed by atoms with E-state index in [2.05, 4.69) is 5.32 Å². The van der Waals surface area contributed by atoms with Crippen LogP contribution in [0.25, 0.3) is 0 Å². The van der Waals surface area contributed by atoms with Gasteiger partial charge in [-0.3, -0.25) is 4.79 Å². The van der Waals surface area contributed by atoms with Crippen molar-refractivity contribution < 1.29 is 19.5 Å². The maximum absolute atomic E-state index is 12.7. The Morgan fingerprint density at radius 1 is 0.857 bits per heavy atom. The average Bonchev–Trinajstić information content (AvgIpc) is 2.67. The van der Waals surface area contributed by atoms with Crippen molar-refractivity contribution in [2.45, 2.75) is 13.8 Å². The molecule has 0 aliphatic carbocycles. The number of hydrogen-bond acceptors (Lipinski definition) is 3. The third-order valence-corrected chi connectivity index (χ3v) is 4.69. The molecule has 0 atom stereocenters. The number of carbonyl (C=O) groups is 3. The van der Waals surface area contributed by atoms with Gasteiger partial charge >= 0.3 is 12.0 Å². The number of nitrogens with one attached hydrogen (secondary N) is 1. The van der Waals surface area contributed by atoms with E-state index in [1.54, 1.807) is 22.8 Å². The van der Waals surface area contributed by atoms with Crippen LogP contribution < -0.4 is 5.32 Å². The minimum atomic E-state index is -1.06. The van der Waals surface area contributed by atoms with Crippen LogP contribution in [-0.4, -0.2) is 59.0 Å². The van der Waals surface area contributed by atoms with Crippen LogP contribution in [-0.2, 0) is 0 Å². The van der Waals surface area contributed by atoms with E-state index in [0.29, 0.717) is 31.7 Å². The third kappa shape index (κ3) is 4.49. The number of rotatable bonds is 3. The summed E-state index contributed by atoms with van der Waals surface area (Å²) in [5.74, 6) is -1.28. The molecular formula is C21H23N3O4. The fraction of sp³-hybridized carbons (Fsp3) is 0.286. The minimum Gasteiger partial charge on any atom is -0.478 e. The summed E-state index contributed by atoms with van der Waals surface area (Å²) in [7, 11) is 0. The van der Waals surface area contributed by atoms with Crippen LogP contribution in [0, 0.1) is 13.8 Å². The van der Waals surface area contributed by atoms with E-state index < -0.39 is 5.97 Å². The second-order valence-electron chi connectivity index (χ2n) is 6.97. The van der Waals surface area contributed by atoms with E-state index in [0.717, 1.165) is 16.8 Å². The molecule has 2 aromatic carbocycles. The molecule has 0 aromatic heterocycles. The van der Waals surface area contributed by atoms with Crippen LogP contribution >= 0.6 is 0 Å². The summed E-state index contributed by atoms with van der Waals surface area (Å²) in [5, 5.41) is 12.1. The molecule has 0 bridgehead atoms. The molecule has 0 spiro atoms. The van der Waals surface area contributed by atoms with Gasteiger partial charge in [-0.1, -0.05) is 12.1 Å². The molecule has 0 radical (unpaired) electrons. The molecule has 2 aromatic rings. The van der Waals surface area contributed by atoms with Gasteiger partial charge < -0.3 is 20.2 Å². The van der Waals surface area contributed by atoms with Crippen LogP contribution in [0.2, 0.25) is 0 Å². The summed E-state index contributed by atoms with van der Waals surface area (Å²) in [6.45, 7) is 5.35. The molecule has 1 saturated heterocycles. The van der Waals surface area contributed by atoms with Crippen molar-refractivity contribution in [3.05, 3.63) is 64.7 Å². The minimum absolute atomic E-state index is 0.0968. The predicted octanol–water partition coefficient (Wildman–Crippen LogP) is 2.99. The van der Waals surface area contributed by atoms with Crippen LogP contribution in [0.1, 0.15) is 31.8 Å². The molecule has 0 saturated carbocycles. The van der Waals surface area contributed by atoms with Crippen LogP contribution in [0.15, 0.2) is 42.5 Å². The van der Waals surface area contributed by atoms with Gasteiger partial charge in [0.15, 0.2) is 0 Å². The number of carboxylic acid groups (broad SMARTS) is 1. The van der Waals surface area contributed by atoms with Gasteiger partial charge in [-0.25, -0.2) is 9.59 Å². The maximum atomic E-state index is 12.7. The van der Waals surface area contributed by atoms with Crippen molar-refractivity contribution in [1.29, 1.82) is 0 Å². The maximum Gasteiger partial charge on any atom is 0.335 e. The van der Waals surface area contributed by atoms with Crippen LogP contribution in [0.4, 0.5) is 10.5 Å². The Kier molecular flexibility index (Phi) is 5.63. The van der Waals surface area contributed by atoms with E-state index in [9.17, 15) is 19.5 Å². The Balaban J connectivity index is 1.61. The Bertz CT molecular complexity index is 918. The zero-order valence-corrected chi connectivity index (χ0v) is 15.9. The van der Waals surface area contributed by atoms with E-state index in [1.165, 1.54) is 12.1 Å². The van der Waals surface area contributed by atoms with E-state index in [4.69, 9.17) is 0 Å². The topological polar surface area (TPSA) is 90.0 Å². The summed E-state index contributed by atoms with van der Waals surface area (Å²) < 4.78 is 0. The number of carbonyl (C=O) groups excluding carboxylic acids is 2. The second-order valence-corrected chi connectivity index (χ2v) is 6.97. The van der Waals surface area contributed by atoms with Gasteiger partial charge in [-0.05, 0) is 55.3 Å². The van der Waals surface area contributed by atoms with Gasteiger partial charge in [0.25, 0.3) is 5.91 Å². The number of aryl methyl sites for hydroxylation is 2. The van der Waals surface area contributed by atoms with Crippen molar-refractivity contribution in [2.75, 3.05) is 31.5 Å². The molecule has 3 amide bonds. The van der Waals surface area contributed by atoms with Crippen molar-refractivity contribution in [2.24, 2.45) is 0 Å². The van der Waals surface area contributed by atoms with Gasteiger partial charge in [0, 0.05) is 37.4 Å². The number of hydrogen-bond donors (Lipinski definition) is 2. The van der Waals surface area contributed by atoms with E-state index >= 15 is 0 Å². The lowest BCUT2D eigenvalue weighted by Crippen LogP contribution is -2.51. The number of piperazine rings is 1. The van der Waals surface area contributed by atoms with Gasteiger partial charge in [-0.15, -0.1) is 0 Å². The van der Waals surface area contributed by atoms with Crippen molar-refractivity contribution in [1.82, 2.24) is 9.80 Å². The third-order valence-electron chi connectivity index (χ3n) is 4.69. The van der Waals surface area contributed by atoms with Gasteiger partial charge in [-0.2, -0.15) is 0 Å². The summed E-state index contributed by atoms with van der Waals surface area (Å²) in [5.41, 5.74) is 2.98. The summed E-state index contributed by atoms with van der Waals surface area (Å²) in [6.07, 6.45) is 0. The summed E-state index contributed by atoms with van der Waals surface area (Å²) in [4.78, 5) is 39.7. The van der Waals surface area contributed by atoms with Gasteiger partial charge in [0.2, 0.25) is 0 Å². The number of carboxylic acids is 1. The molecule has 1 heterocycles. The smallest absolute Gasteiger partial charge is 0.335 e. The Morgan fingerprint density at radius 3 is 2.14 bits per heavy atom. The predicted molar refractivity (Wildman–Crippen MR) is 106 cm³/mol. The van der Waals surface area contributed by atoms with Crippen molar-refractivity contribution in [3.8, 4) is 0 Å². The first kappa shape index (κ1) is 19.4. The Hall–Kier alpha value is -3.35. The van der Waals surface area contributed by atoms with Crippen LogP contribution in [0.3, 0.4) is 0 Å². The number of amides is 3. The monoisotopic (exact) mass is 381 g/mol. The standard InChI is InChI=1S/C21H23N3O4/c1-14-4-3-5-18(12-14)22-21(28)24-8-6-23(7-9-24)19(25)16-10-15(2)11-17(13-16)20(26)27/h3-5,10-13H,6-9H2,1-2H3,(H,22,28)(H,26,27). The average molecular weight is 381 g/mol. The zero-order chi connectivity index (χ0) is 20.3. The highest BCUT2D eigenvalue weighted by molar-refractivity contribution is 5.98. The Morgan fingerprint density at radius 2 is 1.50 bits per heavy atom. The first-order valence-corrected chi connectivity index (χ1v) is 9.10. The first-order chi connectivity index (χ1) is 13.3. The molecule has 28 heavy (non-hydrogen) atoms. The van der Waals surface area contributed by atoms with E-state index in [1.807, 2.05) is 31.2 Å². The molecule has 3 rings (SSSR count). The number of aromatic carboxylic acids is 1. The lowest BCUT2D eigenvalue weighted by Gasteiger charge is -2.34. The number of benzene rings is 2. The SMILES string of the molecule is Cc1cccc(NC(=O)N2CCN(C(=O)c3cc(C)cc(C(=O)O)c3)CC2)c1. The quantitative estimate of drug-likeness (QED) is 0.855. The lowest BCUT2D eigenvalue weighted by atomic mass is 10.1. The molecular weight excluding hydrogens is 358 g/mol. The summed E-state index contributed by atoms with van der Waals surface area (Å²) in [6, 6.07) is 12.0. The number of nitrogens with zero attached hydrogens (tertiary/aromatic N) is 2. The first-order valence-electron chi connectivity index (χ1n) is 9.10. The van der Waals surface area contributed by atoms with Crippen molar-refractivity contribution in [3.63, 3.8) is 0 Å². The lowest BCUT2D eigenvalue weighted by molar-refractivity contribution is 0.0671. The normalized spacial score (nSPS) is 13.9. The highest BCUT2D eigenvalue weighted by Gasteiger charge is 2.25.